The largest absolute Gasteiger partial charge is 0.279 e. The number of aromatic nitrogens is 5. The molecule has 3 aromatic heterocycles. The topological polar surface area (TPSA) is 87.7 Å². The number of nitrogens with zero attached hydrogens (tertiary/aromatic N) is 5. The van der Waals surface area contributed by atoms with Crippen molar-refractivity contribution in [1.82, 2.24) is 25.1 Å². The van der Waals surface area contributed by atoms with Crippen molar-refractivity contribution in [2.75, 3.05) is 11.4 Å². The zero-order valence-electron chi connectivity index (χ0n) is 14.0. The molecule has 1 aliphatic heterocycles. The molecule has 1 aliphatic rings. The molecule has 7 nitrogen and oxygen atoms in total. The maximum atomic E-state index is 12.4. The second-order valence-corrected chi connectivity index (χ2v) is 6.01. The van der Waals surface area contributed by atoms with Gasteiger partial charge in [0.25, 0.3) is 5.95 Å². The smallest absolute Gasteiger partial charge is 0.251 e. The average molecular weight is 375 g/mol. The molecule has 1 amide bonds. The molecule has 134 valence electrons. The van der Waals surface area contributed by atoms with Crippen LogP contribution in [0.25, 0.3) is 11.4 Å². The van der Waals surface area contributed by atoms with E-state index in [0.29, 0.717) is 24.7 Å². The molecule has 4 heterocycles. The zero-order chi connectivity index (χ0) is 18.5. The number of rotatable bonds is 2. The third kappa shape index (κ3) is 4.20. The Bertz CT molecular complexity index is 901. The fourth-order valence-corrected chi connectivity index (χ4v) is 2.49. The summed E-state index contributed by atoms with van der Waals surface area (Å²) in [6.07, 6.45) is 6.36. The molecule has 0 saturated carbocycles. The number of anilines is 1. The van der Waals surface area contributed by atoms with Crippen molar-refractivity contribution in [3.8, 4) is 11.4 Å². The lowest BCUT2D eigenvalue weighted by molar-refractivity contribution is -0.117. The van der Waals surface area contributed by atoms with Crippen molar-refractivity contribution in [1.29, 1.82) is 0 Å². The Morgan fingerprint density at radius 1 is 1.31 bits per heavy atom. The Labute approximate surface area is 154 Å². The number of H-pyrrole nitrogens is 1. The number of hydrogen-bond donors (Lipinski definition) is 1. The number of aromatic amines is 1. The summed E-state index contributed by atoms with van der Waals surface area (Å²) in [7, 11) is 0. The van der Waals surface area contributed by atoms with Gasteiger partial charge in [0.05, 0.1) is 0 Å². The van der Waals surface area contributed by atoms with Gasteiger partial charge in [0, 0.05) is 37.1 Å². The number of amides is 1. The van der Waals surface area contributed by atoms with E-state index in [4.69, 9.17) is 11.6 Å². The second kappa shape index (κ2) is 8.01. The van der Waals surface area contributed by atoms with Crippen molar-refractivity contribution < 1.29 is 9.18 Å². The number of hydrogen-bond acceptors (Lipinski definition) is 5. The summed E-state index contributed by atoms with van der Waals surface area (Å²) >= 11 is 5.29. The van der Waals surface area contributed by atoms with Crippen LogP contribution in [-0.2, 0) is 4.79 Å². The lowest BCUT2D eigenvalue weighted by Crippen LogP contribution is -2.24. The van der Waals surface area contributed by atoms with Crippen LogP contribution in [0.4, 0.5) is 10.3 Å². The monoisotopic (exact) mass is 374 g/mol. The molecule has 26 heavy (non-hydrogen) atoms. The van der Waals surface area contributed by atoms with E-state index in [1.807, 2.05) is 12.1 Å². The Balaban J connectivity index is 0.000000185. The van der Waals surface area contributed by atoms with E-state index in [1.54, 1.807) is 24.2 Å². The summed E-state index contributed by atoms with van der Waals surface area (Å²) in [4.78, 5) is 25.0. The first kappa shape index (κ1) is 17.9. The van der Waals surface area contributed by atoms with Gasteiger partial charge in [0.2, 0.25) is 5.91 Å². The van der Waals surface area contributed by atoms with E-state index in [0.717, 1.165) is 17.5 Å². The third-order valence-electron chi connectivity index (χ3n) is 3.68. The fraction of sp³-hybridized carbons (Fsp3) is 0.235. The summed E-state index contributed by atoms with van der Waals surface area (Å²) < 4.78 is 12.4. The van der Waals surface area contributed by atoms with Crippen LogP contribution in [-0.4, -0.2) is 37.6 Å². The molecule has 1 N–H and O–H groups in total. The summed E-state index contributed by atoms with van der Waals surface area (Å²) in [5, 5.41) is 6.84. The minimum Gasteiger partial charge on any atom is -0.279 e. The van der Waals surface area contributed by atoms with Crippen molar-refractivity contribution in [2.24, 2.45) is 0 Å². The fourth-order valence-electron chi connectivity index (χ4n) is 2.39. The van der Waals surface area contributed by atoms with Gasteiger partial charge in [-0.25, -0.2) is 9.37 Å². The molecule has 0 radical (unpaired) electrons. The van der Waals surface area contributed by atoms with Crippen LogP contribution in [0.15, 0.2) is 36.8 Å². The minimum atomic E-state index is -0.461. The first-order chi connectivity index (χ1) is 12.5. The van der Waals surface area contributed by atoms with E-state index in [9.17, 15) is 9.18 Å². The zero-order valence-corrected chi connectivity index (χ0v) is 14.7. The quantitative estimate of drug-likeness (QED) is 0.696. The normalized spacial score (nSPS) is 13.5. The predicted octanol–water partition coefficient (Wildman–Crippen LogP) is 3.18. The van der Waals surface area contributed by atoms with E-state index in [2.05, 4.69) is 25.1 Å². The van der Waals surface area contributed by atoms with Gasteiger partial charge in [-0.05, 0) is 37.1 Å². The van der Waals surface area contributed by atoms with Gasteiger partial charge in [0.15, 0.2) is 16.8 Å². The van der Waals surface area contributed by atoms with Gasteiger partial charge in [-0.15, -0.1) is 5.10 Å². The summed E-state index contributed by atoms with van der Waals surface area (Å²) in [5.41, 5.74) is 1.68. The van der Waals surface area contributed by atoms with Crippen molar-refractivity contribution in [2.45, 2.75) is 19.8 Å². The van der Waals surface area contributed by atoms with Crippen LogP contribution < -0.4 is 4.90 Å². The molecule has 1 fully saturated rings. The number of halogens is 2. The summed E-state index contributed by atoms with van der Waals surface area (Å²) in [6, 6.07) is 5.03. The molecule has 3 aromatic rings. The highest BCUT2D eigenvalue weighted by molar-refractivity contribution is 6.29. The Morgan fingerprint density at radius 2 is 2.08 bits per heavy atom. The standard InChI is InChI=1S/C11H11N5O.C6H5ClFN/c17-9-2-1-7-16(9)11-13-10(14-15-11)8-3-5-12-6-4-8;1-4-2-5(8)6(7)9-3-4/h3-6H,1-2,7H2,(H,13,14,15);2-3H,1H3. The highest BCUT2D eigenvalue weighted by atomic mass is 35.5. The SMILES string of the molecule is Cc1cnc(Cl)c(F)c1.O=C1CCCN1c1n[nH]c(-c2ccncc2)n1. The highest BCUT2D eigenvalue weighted by Gasteiger charge is 2.25. The van der Waals surface area contributed by atoms with E-state index < -0.39 is 5.82 Å². The minimum absolute atomic E-state index is 0.0689. The highest BCUT2D eigenvalue weighted by Crippen LogP contribution is 2.20. The molecular formula is C17H16ClFN6O. The molecule has 0 aromatic carbocycles. The number of pyridine rings is 2. The summed E-state index contributed by atoms with van der Waals surface area (Å²) in [6.45, 7) is 2.46. The van der Waals surface area contributed by atoms with Crippen molar-refractivity contribution in [3.63, 3.8) is 0 Å². The van der Waals surface area contributed by atoms with Gasteiger partial charge in [0.1, 0.15) is 0 Å². The Kier molecular flexibility index (Phi) is 5.52. The van der Waals surface area contributed by atoms with E-state index in [1.165, 1.54) is 12.3 Å². The van der Waals surface area contributed by atoms with Gasteiger partial charge in [-0.1, -0.05) is 11.6 Å². The first-order valence-electron chi connectivity index (χ1n) is 7.95. The number of carbonyl (C=O) groups is 1. The van der Waals surface area contributed by atoms with Crippen LogP contribution >= 0.6 is 11.6 Å². The lowest BCUT2D eigenvalue weighted by atomic mass is 10.3. The summed E-state index contributed by atoms with van der Waals surface area (Å²) in [5.74, 6) is 0.739. The van der Waals surface area contributed by atoms with Crippen molar-refractivity contribution >= 4 is 23.5 Å². The van der Waals surface area contributed by atoms with Gasteiger partial charge in [-0.2, -0.15) is 4.98 Å². The molecule has 4 rings (SSSR count). The molecule has 0 atom stereocenters. The maximum Gasteiger partial charge on any atom is 0.251 e. The molecule has 0 unspecified atom stereocenters. The van der Waals surface area contributed by atoms with Crippen LogP contribution in [0.2, 0.25) is 5.15 Å². The maximum absolute atomic E-state index is 12.4. The van der Waals surface area contributed by atoms with Crippen LogP contribution in [0.3, 0.4) is 0 Å². The molecule has 0 aliphatic carbocycles. The first-order valence-corrected chi connectivity index (χ1v) is 8.33. The Morgan fingerprint density at radius 3 is 2.69 bits per heavy atom. The van der Waals surface area contributed by atoms with E-state index >= 15 is 0 Å². The number of nitrogens with one attached hydrogen (secondary N) is 1. The number of carbonyl (C=O) groups excluding carboxylic acids is 1. The molecule has 0 bridgehead atoms. The predicted molar refractivity (Wildman–Crippen MR) is 95.1 cm³/mol. The van der Waals surface area contributed by atoms with Gasteiger partial charge < -0.3 is 0 Å². The molecule has 1 saturated heterocycles. The van der Waals surface area contributed by atoms with Crippen LogP contribution in [0.5, 0.6) is 0 Å². The number of aryl methyl sites for hydroxylation is 1. The van der Waals surface area contributed by atoms with E-state index in [-0.39, 0.29) is 11.1 Å². The van der Waals surface area contributed by atoms with Gasteiger partial charge in [-0.3, -0.25) is 19.8 Å². The second-order valence-electron chi connectivity index (χ2n) is 5.65. The molecule has 9 heteroatoms. The molecular weight excluding hydrogens is 359 g/mol. The molecule has 0 spiro atoms. The average Bonchev–Trinajstić information content (AvgIpc) is 3.28. The van der Waals surface area contributed by atoms with Crippen LogP contribution in [0.1, 0.15) is 18.4 Å². The van der Waals surface area contributed by atoms with Crippen molar-refractivity contribution in [3.05, 3.63) is 53.3 Å². The Hall–Kier alpha value is -2.87. The lowest BCUT2D eigenvalue weighted by Gasteiger charge is -2.08. The third-order valence-corrected chi connectivity index (χ3v) is 3.95. The van der Waals surface area contributed by atoms with Crippen LogP contribution in [0, 0.1) is 12.7 Å². The van der Waals surface area contributed by atoms with Gasteiger partial charge >= 0.3 is 0 Å².